The Hall–Kier alpha value is -0.850. The van der Waals surface area contributed by atoms with Gasteiger partial charge in [0.25, 0.3) is 0 Å². The Bertz CT molecular complexity index is 381. The molecule has 1 aliphatic heterocycles. The maximum atomic E-state index is 12.1. The topological polar surface area (TPSA) is 84.7 Å². The summed E-state index contributed by atoms with van der Waals surface area (Å²) in [7, 11) is 1.54. The van der Waals surface area contributed by atoms with Crippen LogP contribution >= 0.6 is 12.4 Å². The van der Waals surface area contributed by atoms with Crippen molar-refractivity contribution in [3.8, 4) is 0 Å². The second-order valence-corrected chi connectivity index (χ2v) is 6.58. The monoisotopic (exact) mass is 347 g/mol. The van der Waals surface area contributed by atoms with E-state index in [1.165, 1.54) is 25.7 Å². The van der Waals surface area contributed by atoms with Crippen LogP contribution in [0.3, 0.4) is 0 Å². The fourth-order valence-electron chi connectivity index (χ4n) is 3.49. The number of nitrogens with two attached hydrogens (primary N) is 1. The third kappa shape index (κ3) is 6.28. The lowest BCUT2D eigenvalue weighted by Gasteiger charge is -2.33. The number of amides is 2. The van der Waals surface area contributed by atoms with E-state index in [0.29, 0.717) is 25.4 Å². The summed E-state index contributed by atoms with van der Waals surface area (Å²) in [6.45, 7) is 1.56. The molecule has 0 spiro atoms. The molecule has 7 heteroatoms. The lowest BCUT2D eigenvalue weighted by atomic mass is 10.0. The van der Waals surface area contributed by atoms with Gasteiger partial charge in [0.1, 0.15) is 6.04 Å². The van der Waals surface area contributed by atoms with Crippen LogP contribution < -0.4 is 11.1 Å². The molecular weight excluding hydrogens is 318 g/mol. The van der Waals surface area contributed by atoms with E-state index in [4.69, 9.17) is 10.5 Å². The van der Waals surface area contributed by atoms with Crippen LogP contribution in [0.15, 0.2) is 0 Å². The molecule has 23 heavy (non-hydrogen) atoms. The largest absolute Gasteiger partial charge is 0.383 e. The van der Waals surface area contributed by atoms with Gasteiger partial charge in [0, 0.05) is 32.7 Å². The zero-order chi connectivity index (χ0) is 15.9. The number of nitrogens with zero attached hydrogens (tertiary/aromatic N) is 1. The Morgan fingerprint density at radius 3 is 2.39 bits per heavy atom. The molecule has 2 fully saturated rings. The summed E-state index contributed by atoms with van der Waals surface area (Å²) in [4.78, 5) is 25.9. The number of likely N-dealkylation sites (tertiary alicyclic amines) is 1. The van der Waals surface area contributed by atoms with Crippen LogP contribution in [-0.4, -0.2) is 55.6 Å². The van der Waals surface area contributed by atoms with Gasteiger partial charge in [-0.2, -0.15) is 0 Å². The predicted octanol–water partition coefficient (Wildman–Crippen LogP) is 1.07. The number of rotatable bonds is 6. The summed E-state index contributed by atoms with van der Waals surface area (Å²) >= 11 is 0. The summed E-state index contributed by atoms with van der Waals surface area (Å²) in [5.41, 5.74) is 5.78. The maximum absolute atomic E-state index is 12.1. The Morgan fingerprint density at radius 1 is 1.22 bits per heavy atom. The molecule has 0 radical (unpaired) electrons. The van der Waals surface area contributed by atoms with Gasteiger partial charge in [-0.25, -0.2) is 0 Å². The fraction of sp³-hybridized carbons (Fsp3) is 0.875. The summed E-state index contributed by atoms with van der Waals surface area (Å²) in [5.74, 6) is 0.694. The summed E-state index contributed by atoms with van der Waals surface area (Å²) in [6, 6.07) is -0.393. The van der Waals surface area contributed by atoms with E-state index >= 15 is 0 Å². The molecule has 1 saturated heterocycles. The SMILES string of the molecule is COCC(N)C(=O)N1CCC(NC(=O)CC2CCCC2)CC1.Cl. The number of carbonyl (C=O) groups excluding carboxylic acids is 2. The molecule has 134 valence electrons. The van der Waals surface area contributed by atoms with E-state index in [2.05, 4.69) is 5.32 Å². The summed E-state index contributed by atoms with van der Waals surface area (Å²) in [6.07, 6.45) is 7.19. The molecule has 1 unspecified atom stereocenters. The summed E-state index contributed by atoms with van der Waals surface area (Å²) < 4.78 is 4.92. The van der Waals surface area contributed by atoms with Crippen LogP contribution in [0, 0.1) is 5.92 Å². The maximum Gasteiger partial charge on any atom is 0.241 e. The van der Waals surface area contributed by atoms with E-state index < -0.39 is 6.04 Å². The molecule has 0 bridgehead atoms. The first kappa shape index (κ1) is 20.2. The molecule has 1 saturated carbocycles. The number of hydrogen-bond acceptors (Lipinski definition) is 4. The third-order valence-corrected chi connectivity index (χ3v) is 4.78. The van der Waals surface area contributed by atoms with Crippen LogP contribution in [0.1, 0.15) is 44.9 Å². The zero-order valence-electron chi connectivity index (χ0n) is 14.0. The van der Waals surface area contributed by atoms with Crippen molar-refractivity contribution in [2.75, 3.05) is 26.8 Å². The number of piperidine rings is 1. The normalized spacial score (nSPS) is 20.9. The van der Waals surface area contributed by atoms with Crippen LogP contribution in [0.25, 0.3) is 0 Å². The van der Waals surface area contributed by atoms with Gasteiger partial charge in [-0.05, 0) is 31.6 Å². The van der Waals surface area contributed by atoms with Gasteiger partial charge in [-0.1, -0.05) is 12.8 Å². The van der Waals surface area contributed by atoms with Crippen LogP contribution in [0.2, 0.25) is 0 Å². The lowest BCUT2D eigenvalue weighted by Crippen LogP contribution is -2.52. The van der Waals surface area contributed by atoms with E-state index in [9.17, 15) is 9.59 Å². The molecule has 2 rings (SSSR count). The van der Waals surface area contributed by atoms with Gasteiger partial charge < -0.3 is 20.7 Å². The van der Waals surface area contributed by atoms with Crippen molar-refractivity contribution in [1.82, 2.24) is 10.2 Å². The highest BCUT2D eigenvalue weighted by atomic mass is 35.5. The number of carbonyl (C=O) groups is 2. The lowest BCUT2D eigenvalue weighted by molar-refractivity contribution is -0.135. The zero-order valence-corrected chi connectivity index (χ0v) is 14.8. The van der Waals surface area contributed by atoms with Gasteiger partial charge >= 0.3 is 0 Å². The van der Waals surface area contributed by atoms with E-state index in [1.54, 1.807) is 12.0 Å². The second-order valence-electron chi connectivity index (χ2n) is 6.58. The molecule has 0 aromatic rings. The first-order chi connectivity index (χ1) is 10.6. The minimum atomic E-state index is -0.585. The fourth-order valence-corrected chi connectivity index (χ4v) is 3.49. The predicted molar refractivity (Wildman–Crippen MR) is 91.4 cm³/mol. The molecule has 2 amide bonds. The average Bonchev–Trinajstić information content (AvgIpc) is 3.00. The molecule has 2 aliphatic rings. The first-order valence-electron chi connectivity index (χ1n) is 8.42. The Kier molecular flexibility index (Phi) is 8.87. The van der Waals surface area contributed by atoms with Gasteiger partial charge in [0.05, 0.1) is 6.61 Å². The van der Waals surface area contributed by atoms with Crippen molar-refractivity contribution in [3.63, 3.8) is 0 Å². The molecule has 1 heterocycles. The van der Waals surface area contributed by atoms with E-state index in [1.807, 2.05) is 0 Å². The smallest absolute Gasteiger partial charge is 0.241 e. The standard InChI is InChI=1S/C16H29N3O3.ClH/c1-22-11-14(17)16(21)19-8-6-13(7-9-19)18-15(20)10-12-4-2-3-5-12;/h12-14H,2-11,17H2,1H3,(H,18,20);1H. The van der Waals surface area contributed by atoms with Gasteiger partial charge in [-0.3, -0.25) is 9.59 Å². The van der Waals surface area contributed by atoms with Crippen molar-refractivity contribution >= 4 is 24.2 Å². The molecule has 1 atom stereocenters. The van der Waals surface area contributed by atoms with Gasteiger partial charge in [0.15, 0.2) is 0 Å². The van der Waals surface area contributed by atoms with Crippen LogP contribution in [-0.2, 0) is 14.3 Å². The first-order valence-corrected chi connectivity index (χ1v) is 8.42. The molecule has 3 N–H and O–H groups in total. The summed E-state index contributed by atoms with van der Waals surface area (Å²) in [5, 5.41) is 3.13. The van der Waals surface area contributed by atoms with Crippen molar-refractivity contribution < 1.29 is 14.3 Å². The highest BCUT2D eigenvalue weighted by molar-refractivity contribution is 5.85. The molecule has 6 nitrogen and oxygen atoms in total. The van der Waals surface area contributed by atoms with Crippen molar-refractivity contribution in [2.24, 2.45) is 11.7 Å². The van der Waals surface area contributed by atoms with Crippen LogP contribution in [0.4, 0.5) is 0 Å². The average molecular weight is 348 g/mol. The second kappa shape index (κ2) is 10.1. The highest BCUT2D eigenvalue weighted by Crippen LogP contribution is 2.27. The van der Waals surface area contributed by atoms with Gasteiger partial charge in [0.2, 0.25) is 11.8 Å². The quantitative estimate of drug-likeness (QED) is 0.752. The molecule has 0 aromatic heterocycles. The molecule has 0 aromatic carbocycles. The van der Waals surface area contributed by atoms with Crippen LogP contribution in [0.5, 0.6) is 0 Å². The van der Waals surface area contributed by atoms with Gasteiger partial charge in [-0.15, -0.1) is 12.4 Å². The number of methoxy groups -OCH3 is 1. The molecule has 1 aliphatic carbocycles. The molecular formula is C16H30ClN3O3. The van der Waals surface area contributed by atoms with E-state index in [0.717, 1.165) is 12.8 Å². The van der Waals surface area contributed by atoms with E-state index in [-0.39, 0.29) is 36.9 Å². The minimum Gasteiger partial charge on any atom is -0.383 e. The van der Waals surface area contributed by atoms with Crippen molar-refractivity contribution in [3.05, 3.63) is 0 Å². The number of nitrogens with one attached hydrogen (secondary N) is 1. The minimum absolute atomic E-state index is 0. The van der Waals surface area contributed by atoms with Crippen molar-refractivity contribution in [2.45, 2.75) is 57.0 Å². The highest BCUT2D eigenvalue weighted by Gasteiger charge is 2.27. The number of halogens is 1. The number of hydrogen-bond donors (Lipinski definition) is 2. The third-order valence-electron chi connectivity index (χ3n) is 4.78. The van der Waals surface area contributed by atoms with Crippen molar-refractivity contribution in [1.29, 1.82) is 0 Å². The Morgan fingerprint density at radius 2 is 1.83 bits per heavy atom. The number of ether oxygens (including phenoxy) is 1. The Labute approximate surface area is 144 Å². The Balaban J connectivity index is 0.00000264.